The lowest BCUT2D eigenvalue weighted by molar-refractivity contribution is 0.186. The van der Waals surface area contributed by atoms with Crippen molar-refractivity contribution in [1.29, 1.82) is 0 Å². The normalized spacial score (nSPS) is 11.4. The van der Waals surface area contributed by atoms with Crippen LogP contribution >= 0.6 is 0 Å². The molecule has 11 nitrogen and oxygen atoms in total. The van der Waals surface area contributed by atoms with Crippen LogP contribution in [0.15, 0.2) is 88.5 Å². The first-order chi connectivity index (χ1) is 21.6. The largest absolute Gasteiger partial charge is 0.383 e. The number of tetrazole rings is 1. The van der Waals surface area contributed by atoms with E-state index in [2.05, 4.69) is 51.8 Å². The van der Waals surface area contributed by atoms with E-state index in [0.29, 0.717) is 49.5 Å². The fraction of sp³-hybridized carbons (Fsp3) is 0.273. The number of aryl methyl sites for hydroxylation is 2. The van der Waals surface area contributed by atoms with Gasteiger partial charge in [-0.25, -0.2) is 14.9 Å². The molecular formula is C33H34N8O3. The Bertz CT molecular complexity index is 1970. The average molecular weight is 591 g/mol. The van der Waals surface area contributed by atoms with Gasteiger partial charge in [-0.1, -0.05) is 85.8 Å². The van der Waals surface area contributed by atoms with Crippen molar-refractivity contribution in [3.63, 3.8) is 0 Å². The van der Waals surface area contributed by atoms with E-state index in [-0.39, 0.29) is 17.8 Å². The molecule has 0 aliphatic rings. The molecule has 44 heavy (non-hydrogen) atoms. The minimum Gasteiger partial charge on any atom is -0.383 e. The Morgan fingerprint density at radius 1 is 0.795 bits per heavy atom. The highest BCUT2D eigenvalue weighted by atomic mass is 16.5. The Labute approximate surface area is 253 Å². The molecule has 0 saturated carbocycles. The van der Waals surface area contributed by atoms with E-state index >= 15 is 0 Å². The Balaban J connectivity index is 1.41. The zero-order valence-electron chi connectivity index (χ0n) is 24.8. The van der Waals surface area contributed by atoms with Gasteiger partial charge in [-0.3, -0.25) is 13.9 Å². The first-order valence-electron chi connectivity index (χ1n) is 14.8. The van der Waals surface area contributed by atoms with E-state index in [1.807, 2.05) is 59.2 Å². The van der Waals surface area contributed by atoms with Crippen molar-refractivity contribution in [3.8, 4) is 22.5 Å². The van der Waals surface area contributed by atoms with Crippen molar-refractivity contribution in [3.05, 3.63) is 117 Å². The number of fused-ring (bicyclic) bond motifs is 1. The molecule has 3 aromatic carbocycles. The van der Waals surface area contributed by atoms with Crippen LogP contribution in [-0.2, 0) is 37.2 Å². The van der Waals surface area contributed by atoms with E-state index < -0.39 is 0 Å². The second-order valence-electron chi connectivity index (χ2n) is 10.6. The molecule has 0 bridgehead atoms. The summed E-state index contributed by atoms with van der Waals surface area (Å²) in [5, 5.41) is 14.4. The van der Waals surface area contributed by atoms with Gasteiger partial charge in [0.2, 0.25) is 0 Å². The number of methoxy groups -OCH3 is 1. The lowest BCUT2D eigenvalue weighted by atomic mass is 9.98. The zero-order chi connectivity index (χ0) is 30.5. The smallest absolute Gasteiger partial charge is 0.332 e. The number of ether oxygens (including phenoxy) is 1. The average Bonchev–Trinajstić information content (AvgIpc) is 3.71. The molecular weight excluding hydrogens is 556 g/mol. The molecule has 0 fully saturated rings. The van der Waals surface area contributed by atoms with Crippen LogP contribution in [0.3, 0.4) is 0 Å². The van der Waals surface area contributed by atoms with Gasteiger partial charge in [0.1, 0.15) is 5.82 Å². The third-order valence-corrected chi connectivity index (χ3v) is 7.79. The van der Waals surface area contributed by atoms with Gasteiger partial charge >= 0.3 is 5.69 Å². The Hall–Kier alpha value is -5.16. The fourth-order valence-electron chi connectivity index (χ4n) is 5.57. The lowest BCUT2D eigenvalue weighted by Gasteiger charge is -2.14. The number of aromatic nitrogens is 8. The van der Waals surface area contributed by atoms with Crippen LogP contribution in [0.25, 0.3) is 33.7 Å². The zero-order valence-corrected chi connectivity index (χ0v) is 24.8. The second-order valence-corrected chi connectivity index (χ2v) is 10.6. The topological polar surface area (TPSA) is 126 Å². The maximum absolute atomic E-state index is 14.1. The summed E-state index contributed by atoms with van der Waals surface area (Å²) in [6, 6.07) is 26.0. The third kappa shape index (κ3) is 5.73. The van der Waals surface area contributed by atoms with Crippen LogP contribution in [0.2, 0.25) is 0 Å². The molecule has 0 aliphatic heterocycles. The molecule has 6 aromatic rings. The molecule has 0 unspecified atom stereocenters. The van der Waals surface area contributed by atoms with Crippen LogP contribution in [0.5, 0.6) is 0 Å². The Kier molecular flexibility index (Phi) is 8.55. The van der Waals surface area contributed by atoms with Crippen LogP contribution in [0.4, 0.5) is 0 Å². The number of H-pyrrole nitrogens is 1. The first kappa shape index (κ1) is 28.9. The van der Waals surface area contributed by atoms with Crippen LogP contribution in [-0.4, -0.2) is 53.0 Å². The van der Waals surface area contributed by atoms with Crippen molar-refractivity contribution < 1.29 is 4.74 Å². The predicted octanol–water partition coefficient (Wildman–Crippen LogP) is 4.10. The first-order valence-corrected chi connectivity index (χ1v) is 14.8. The Morgan fingerprint density at radius 3 is 2.25 bits per heavy atom. The number of benzene rings is 3. The van der Waals surface area contributed by atoms with Gasteiger partial charge in [0, 0.05) is 32.2 Å². The van der Waals surface area contributed by atoms with E-state index in [9.17, 15) is 9.59 Å². The molecule has 0 aliphatic carbocycles. The van der Waals surface area contributed by atoms with Gasteiger partial charge in [-0.05, 0) is 45.5 Å². The van der Waals surface area contributed by atoms with E-state index in [0.717, 1.165) is 40.1 Å². The van der Waals surface area contributed by atoms with Crippen LogP contribution < -0.4 is 11.2 Å². The van der Waals surface area contributed by atoms with E-state index in [4.69, 9.17) is 9.72 Å². The molecule has 0 amide bonds. The molecule has 0 spiro atoms. The van der Waals surface area contributed by atoms with Crippen molar-refractivity contribution in [2.45, 2.75) is 45.8 Å². The van der Waals surface area contributed by atoms with Gasteiger partial charge in [0.25, 0.3) is 5.56 Å². The summed E-state index contributed by atoms with van der Waals surface area (Å²) < 4.78 is 10.2. The standard InChI is InChI=1S/C33H34N8O3/c1-3-9-28-34-31-29(32(42)40(33(43)39(31)20-21-44-2)19-18-23-10-5-4-6-11-23)41(28)22-24-14-16-25(17-15-24)26-12-7-8-13-27(26)30-35-37-38-36-30/h4-8,10-17H,3,9,18-22H2,1-2H3,(H,35,36,37,38). The number of imidazole rings is 1. The number of rotatable bonds is 12. The van der Waals surface area contributed by atoms with Crippen molar-refractivity contribution >= 4 is 11.2 Å². The van der Waals surface area contributed by atoms with Crippen molar-refractivity contribution in [2.75, 3.05) is 13.7 Å². The maximum atomic E-state index is 14.1. The maximum Gasteiger partial charge on any atom is 0.332 e. The predicted molar refractivity (Wildman–Crippen MR) is 168 cm³/mol. The second kappa shape index (κ2) is 13.0. The summed E-state index contributed by atoms with van der Waals surface area (Å²) >= 11 is 0. The number of hydrogen-bond acceptors (Lipinski definition) is 7. The summed E-state index contributed by atoms with van der Waals surface area (Å²) in [5.74, 6) is 1.38. The number of nitrogens with zero attached hydrogens (tertiary/aromatic N) is 7. The molecule has 0 radical (unpaired) electrons. The van der Waals surface area contributed by atoms with E-state index in [1.54, 1.807) is 11.7 Å². The van der Waals surface area contributed by atoms with Gasteiger partial charge in [0.05, 0.1) is 13.2 Å². The molecule has 11 heteroatoms. The van der Waals surface area contributed by atoms with Gasteiger partial charge in [-0.2, -0.15) is 0 Å². The highest BCUT2D eigenvalue weighted by Crippen LogP contribution is 2.30. The molecule has 224 valence electrons. The summed E-state index contributed by atoms with van der Waals surface area (Å²) in [6.07, 6.45) is 2.09. The van der Waals surface area contributed by atoms with Gasteiger partial charge in [0.15, 0.2) is 17.0 Å². The van der Waals surface area contributed by atoms with Gasteiger partial charge in [-0.15, -0.1) is 5.10 Å². The van der Waals surface area contributed by atoms with Crippen LogP contribution in [0, 0.1) is 0 Å². The van der Waals surface area contributed by atoms with E-state index in [1.165, 1.54) is 4.57 Å². The third-order valence-electron chi connectivity index (χ3n) is 7.79. The molecule has 3 aromatic heterocycles. The minimum absolute atomic E-state index is 0.272. The van der Waals surface area contributed by atoms with Gasteiger partial charge < -0.3 is 9.30 Å². The van der Waals surface area contributed by atoms with Crippen LogP contribution in [0.1, 0.15) is 30.3 Å². The quantitative estimate of drug-likeness (QED) is 0.228. The van der Waals surface area contributed by atoms with Crippen molar-refractivity contribution in [2.24, 2.45) is 0 Å². The van der Waals surface area contributed by atoms with Crippen molar-refractivity contribution in [1.82, 2.24) is 39.3 Å². The number of aromatic amines is 1. The minimum atomic E-state index is -0.367. The summed E-state index contributed by atoms with van der Waals surface area (Å²) in [7, 11) is 1.60. The summed E-state index contributed by atoms with van der Waals surface area (Å²) in [4.78, 5) is 32.6. The summed E-state index contributed by atoms with van der Waals surface area (Å²) in [5.41, 5.74) is 5.14. The highest BCUT2D eigenvalue weighted by molar-refractivity contribution is 5.80. The SMILES string of the molecule is CCCc1nc2c(c(=O)n(CCc3ccccc3)c(=O)n2CCOC)n1Cc1ccc(-c2ccccc2-c2nnn[nH]2)cc1. The highest BCUT2D eigenvalue weighted by Gasteiger charge is 2.22. The fourth-order valence-corrected chi connectivity index (χ4v) is 5.57. The lowest BCUT2D eigenvalue weighted by Crippen LogP contribution is -2.41. The Morgan fingerprint density at radius 2 is 1.55 bits per heavy atom. The summed E-state index contributed by atoms with van der Waals surface area (Å²) in [6.45, 7) is 3.42. The number of nitrogens with one attached hydrogen (secondary N) is 1. The molecule has 1 N–H and O–H groups in total. The monoisotopic (exact) mass is 590 g/mol. The molecule has 0 atom stereocenters. The molecule has 6 rings (SSSR count). The molecule has 3 heterocycles. The molecule has 0 saturated heterocycles. The number of hydrogen-bond donors (Lipinski definition) is 1.